The zero-order valence-electron chi connectivity index (χ0n) is 13.7. The van der Waals surface area contributed by atoms with Crippen molar-refractivity contribution < 1.29 is 23.4 Å². The average molecular weight is 383 g/mol. The molecule has 1 fully saturated rings. The number of carboxylic acid groups (broad SMARTS) is 1. The minimum atomic E-state index is -1.34. The molecule has 0 bridgehead atoms. The number of aromatic nitrogens is 1. The van der Waals surface area contributed by atoms with E-state index in [0.717, 1.165) is 4.90 Å². The van der Waals surface area contributed by atoms with Crippen molar-refractivity contribution in [2.75, 3.05) is 13.1 Å². The zero-order chi connectivity index (χ0) is 18.7. The summed E-state index contributed by atoms with van der Waals surface area (Å²) >= 11 is 5.72. The van der Waals surface area contributed by atoms with E-state index in [2.05, 4.69) is 4.98 Å². The molecule has 0 unspecified atom stereocenters. The summed E-state index contributed by atoms with van der Waals surface area (Å²) in [4.78, 5) is 16.3. The maximum atomic E-state index is 14.4. The molecule has 1 aromatic heterocycles. The van der Waals surface area contributed by atoms with E-state index >= 15 is 0 Å². The van der Waals surface area contributed by atoms with Crippen molar-refractivity contribution in [3.63, 3.8) is 0 Å². The van der Waals surface area contributed by atoms with Gasteiger partial charge in [0.25, 0.3) is 0 Å². The van der Waals surface area contributed by atoms with Crippen LogP contribution in [0.5, 0.6) is 5.88 Å². The van der Waals surface area contributed by atoms with Crippen LogP contribution in [0.2, 0.25) is 5.02 Å². The number of carbonyl (C=O) groups is 1. The van der Waals surface area contributed by atoms with Crippen molar-refractivity contribution in [1.29, 1.82) is 0 Å². The number of benzene rings is 1. The lowest BCUT2D eigenvalue weighted by molar-refractivity contribution is 0.0952. The summed E-state index contributed by atoms with van der Waals surface area (Å²) in [6, 6.07) is 9.28. The highest BCUT2D eigenvalue weighted by Gasteiger charge is 2.33. The van der Waals surface area contributed by atoms with Gasteiger partial charge in [0.15, 0.2) is 0 Å². The summed E-state index contributed by atoms with van der Waals surface area (Å²) in [5, 5.41) is 9.26. The molecule has 26 heavy (non-hydrogen) atoms. The van der Waals surface area contributed by atoms with E-state index in [0.29, 0.717) is 22.7 Å². The van der Waals surface area contributed by atoms with Crippen molar-refractivity contribution in [2.45, 2.75) is 25.1 Å². The molecule has 1 aromatic carbocycles. The molecule has 3 rings (SSSR count). The monoisotopic (exact) mass is 382 g/mol. The Morgan fingerprint density at radius 1 is 1.38 bits per heavy atom. The van der Waals surface area contributed by atoms with Crippen LogP contribution in [0, 0.1) is 5.82 Å². The number of nitrogens with zero attached hydrogens (tertiary/aromatic N) is 2. The van der Waals surface area contributed by atoms with Gasteiger partial charge in [0.1, 0.15) is 18.6 Å². The van der Waals surface area contributed by atoms with E-state index < -0.39 is 24.0 Å². The first-order valence-corrected chi connectivity index (χ1v) is 8.47. The standard InChI is InChI=1S/C18H17ClF2N2O3/c19-12-5-4-11(14(20)8-12)10-26-17-3-1-2-16(22-17)13-6-7-23(18(24)25)9-15(13)21/h1-5,8,13,15H,6-7,9-10H2,(H,24,25)/t13-,15-/m1/s1. The zero-order valence-corrected chi connectivity index (χ0v) is 14.5. The van der Waals surface area contributed by atoms with E-state index in [1.165, 1.54) is 12.1 Å². The Morgan fingerprint density at radius 2 is 2.19 bits per heavy atom. The highest BCUT2D eigenvalue weighted by molar-refractivity contribution is 6.30. The second-order valence-electron chi connectivity index (χ2n) is 6.06. The van der Waals surface area contributed by atoms with Crippen LogP contribution < -0.4 is 4.74 Å². The molecule has 2 atom stereocenters. The first-order chi connectivity index (χ1) is 12.4. The van der Waals surface area contributed by atoms with Gasteiger partial charge < -0.3 is 14.7 Å². The normalized spacial score (nSPS) is 20.0. The van der Waals surface area contributed by atoms with Gasteiger partial charge >= 0.3 is 6.09 Å². The lowest BCUT2D eigenvalue weighted by Crippen LogP contribution is -2.43. The van der Waals surface area contributed by atoms with Gasteiger partial charge in [-0.05, 0) is 24.6 Å². The molecule has 0 radical (unpaired) electrons. The number of hydrogen-bond donors (Lipinski definition) is 1. The first-order valence-electron chi connectivity index (χ1n) is 8.09. The van der Waals surface area contributed by atoms with E-state index in [1.807, 2.05) is 0 Å². The number of piperidine rings is 1. The molecule has 8 heteroatoms. The summed E-state index contributed by atoms with van der Waals surface area (Å²) < 4.78 is 33.7. The molecule has 1 N–H and O–H groups in total. The van der Waals surface area contributed by atoms with Crippen LogP contribution in [0.3, 0.4) is 0 Å². The van der Waals surface area contributed by atoms with Gasteiger partial charge in [0.05, 0.1) is 12.2 Å². The molecule has 138 valence electrons. The number of hydrogen-bond acceptors (Lipinski definition) is 3. The molecule has 0 aliphatic carbocycles. The molecule has 2 heterocycles. The fraction of sp³-hybridized carbons (Fsp3) is 0.333. The molecule has 5 nitrogen and oxygen atoms in total. The van der Waals surface area contributed by atoms with Crippen molar-refractivity contribution >= 4 is 17.7 Å². The molecule has 1 aliphatic rings. The smallest absolute Gasteiger partial charge is 0.407 e. The summed E-state index contributed by atoms with van der Waals surface area (Å²) in [5.74, 6) is -0.718. The Morgan fingerprint density at radius 3 is 2.88 bits per heavy atom. The summed E-state index contributed by atoms with van der Waals surface area (Å²) in [6.07, 6.45) is -2.12. The second kappa shape index (κ2) is 7.86. The SMILES string of the molecule is O=C(O)N1CC[C@@H](c2cccc(OCc3ccc(Cl)cc3F)n2)[C@H](F)C1. The fourth-order valence-corrected chi connectivity index (χ4v) is 3.08. The van der Waals surface area contributed by atoms with Gasteiger partial charge in [-0.25, -0.2) is 18.6 Å². The highest BCUT2D eigenvalue weighted by Crippen LogP contribution is 2.30. The number of amides is 1. The van der Waals surface area contributed by atoms with Crippen LogP contribution in [0.1, 0.15) is 23.6 Å². The van der Waals surface area contributed by atoms with E-state index in [-0.39, 0.29) is 25.6 Å². The first kappa shape index (κ1) is 18.4. The number of halogens is 3. The highest BCUT2D eigenvalue weighted by atomic mass is 35.5. The lowest BCUT2D eigenvalue weighted by Gasteiger charge is -2.32. The molecular formula is C18H17ClF2N2O3. The Labute approximate surface area is 154 Å². The Bertz CT molecular complexity index is 806. The fourth-order valence-electron chi connectivity index (χ4n) is 2.92. The number of rotatable bonds is 4. The number of pyridine rings is 1. The van der Waals surface area contributed by atoms with Gasteiger partial charge in [-0.2, -0.15) is 0 Å². The Balaban J connectivity index is 1.67. The average Bonchev–Trinajstić information content (AvgIpc) is 2.61. The second-order valence-corrected chi connectivity index (χ2v) is 6.50. The molecule has 1 amide bonds. The number of ether oxygens (including phenoxy) is 1. The molecule has 1 aliphatic heterocycles. The third kappa shape index (κ3) is 4.22. The summed E-state index contributed by atoms with van der Waals surface area (Å²) in [5.41, 5.74) is 0.830. The largest absolute Gasteiger partial charge is 0.473 e. The van der Waals surface area contributed by atoms with E-state index in [1.54, 1.807) is 24.3 Å². The van der Waals surface area contributed by atoms with Crippen molar-refractivity contribution in [3.8, 4) is 5.88 Å². The van der Waals surface area contributed by atoms with Gasteiger partial charge in [-0.15, -0.1) is 0 Å². The quantitative estimate of drug-likeness (QED) is 0.858. The maximum absolute atomic E-state index is 14.4. The molecule has 0 spiro atoms. The maximum Gasteiger partial charge on any atom is 0.407 e. The minimum absolute atomic E-state index is 0.0318. The van der Waals surface area contributed by atoms with Crippen molar-refractivity contribution in [1.82, 2.24) is 9.88 Å². The van der Waals surface area contributed by atoms with E-state index in [4.69, 9.17) is 21.4 Å². The van der Waals surface area contributed by atoms with Gasteiger partial charge in [0.2, 0.25) is 5.88 Å². The van der Waals surface area contributed by atoms with Crippen LogP contribution >= 0.6 is 11.6 Å². The number of likely N-dealkylation sites (tertiary alicyclic amines) is 1. The van der Waals surface area contributed by atoms with Crippen molar-refractivity contribution in [3.05, 3.63) is 58.5 Å². The topological polar surface area (TPSA) is 62.7 Å². The van der Waals surface area contributed by atoms with Gasteiger partial charge in [-0.1, -0.05) is 23.7 Å². The van der Waals surface area contributed by atoms with Gasteiger partial charge in [0, 0.05) is 29.1 Å². The van der Waals surface area contributed by atoms with Crippen molar-refractivity contribution in [2.24, 2.45) is 0 Å². The third-order valence-corrected chi connectivity index (χ3v) is 4.56. The summed E-state index contributed by atoms with van der Waals surface area (Å²) in [7, 11) is 0. The Hall–Kier alpha value is -2.41. The lowest BCUT2D eigenvalue weighted by atomic mass is 9.91. The number of alkyl halides is 1. The third-order valence-electron chi connectivity index (χ3n) is 4.33. The van der Waals surface area contributed by atoms with Crippen LogP contribution in [0.15, 0.2) is 36.4 Å². The van der Waals surface area contributed by atoms with Gasteiger partial charge in [-0.3, -0.25) is 0 Å². The predicted octanol–water partition coefficient (Wildman–Crippen LogP) is 4.26. The predicted molar refractivity (Wildman–Crippen MR) is 91.8 cm³/mol. The van der Waals surface area contributed by atoms with Crippen LogP contribution in [0.25, 0.3) is 0 Å². The summed E-state index contributed by atoms with van der Waals surface area (Å²) in [6.45, 7) is 0.0435. The van der Waals surface area contributed by atoms with Crippen LogP contribution in [0.4, 0.5) is 13.6 Å². The van der Waals surface area contributed by atoms with Crippen LogP contribution in [-0.2, 0) is 6.61 Å². The molecule has 0 saturated carbocycles. The minimum Gasteiger partial charge on any atom is -0.473 e. The van der Waals surface area contributed by atoms with E-state index in [9.17, 15) is 13.6 Å². The molecule has 2 aromatic rings. The molecule has 1 saturated heterocycles. The Kier molecular flexibility index (Phi) is 5.56. The molecular weight excluding hydrogens is 366 g/mol. The van der Waals surface area contributed by atoms with Crippen LogP contribution in [-0.4, -0.2) is 40.3 Å².